The lowest BCUT2D eigenvalue weighted by atomic mass is 10.1. The zero-order valence-corrected chi connectivity index (χ0v) is 38.6. The van der Waals surface area contributed by atoms with Crippen LogP contribution in [0.3, 0.4) is 0 Å². The first-order chi connectivity index (χ1) is 27.3. The van der Waals surface area contributed by atoms with Crippen LogP contribution in [-0.4, -0.2) is 114 Å². The molecule has 0 aliphatic rings. The molecule has 2 unspecified atom stereocenters. The predicted molar refractivity (Wildman–Crippen MR) is 240 cm³/mol. The van der Waals surface area contributed by atoms with Crippen molar-refractivity contribution in [2.45, 2.75) is 168 Å². The van der Waals surface area contributed by atoms with E-state index in [4.69, 9.17) is 41.0 Å². The molecular weight excluding hydrogens is 746 g/mol. The number of hydrogen-bond acceptors (Lipinski definition) is 12. The van der Waals surface area contributed by atoms with E-state index in [2.05, 4.69) is 23.6 Å². The molecule has 0 saturated carbocycles. The summed E-state index contributed by atoms with van der Waals surface area (Å²) >= 11 is 0. The summed E-state index contributed by atoms with van der Waals surface area (Å²) in [5.41, 5.74) is 23.1. The highest BCUT2D eigenvalue weighted by Crippen LogP contribution is 2.49. The number of nitrogens with two attached hydrogens (primary N) is 4. The second-order valence-corrected chi connectivity index (χ2v) is 20.0. The first-order valence-electron chi connectivity index (χ1n) is 23.3. The summed E-state index contributed by atoms with van der Waals surface area (Å²) in [6.07, 6.45) is 26.9. The van der Waals surface area contributed by atoms with Crippen molar-refractivity contribution >= 4 is 15.2 Å². The molecule has 12 nitrogen and oxygen atoms in total. The van der Waals surface area contributed by atoms with Gasteiger partial charge in [0.25, 0.3) is 0 Å². The van der Waals surface area contributed by atoms with E-state index >= 15 is 0 Å². The topological polar surface area (TPSA) is 182 Å². The van der Waals surface area contributed by atoms with Gasteiger partial charge in [-0.2, -0.15) is 0 Å². The van der Waals surface area contributed by atoms with E-state index in [0.29, 0.717) is 78.0 Å². The maximum absolute atomic E-state index is 13.9. The van der Waals surface area contributed by atoms with Crippen molar-refractivity contribution in [3.63, 3.8) is 0 Å². The molecule has 0 saturated heterocycles. The highest BCUT2D eigenvalue weighted by atomic mass is 31.2. The van der Waals surface area contributed by atoms with E-state index in [1.54, 1.807) is 0 Å². The van der Waals surface area contributed by atoms with Gasteiger partial charge in [-0.3, -0.25) is 9.13 Å². The molecular formula is C42H94N6O6P2. The van der Waals surface area contributed by atoms with Gasteiger partial charge in [-0.1, -0.05) is 117 Å². The largest absolute Gasteiger partial charge is 0.331 e. The summed E-state index contributed by atoms with van der Waals surface area (Å²) in [4.78, 5) is 4.57. The first kappa shape index (κ1) is 56.1. The van der Waals surface area contributed by atoms with Crippen LogP contribution in [-0.2, 0) is 27.2 Å². The fourth-order valence-electron chi connectivity index (χ4n) is 6.64. The van der Waals surface area contributed by atoms with Crippen LogP contribution in [0.4, 0.5) is 0 Å². The summed E-state index contributed by atoms with van der Waals surface area (Å²) in [7, 11) is -6.49. The van der Waals surface area contributed by atoms with Crippen LogP contribution >= 0.6 is 15.2 Å². The molecule has 8 N–H and O–H groups in total. The van der Waals surface area contributed by atoms with Crippen LogP contribution in [0.25, 0.3) is 0 Å². The highest BCUT2D eigenvalue weighted by Gasteiger charge is 2.27. The highest BCUT2D eigenvalue weighted by molar-refractivity contribution is 7.54. The summed E-state index contributed by atoms with van der Waals surface area (Å²) in [6.45, 7) is 13.4. The van der Waals surface area contributed by atoms with Crippen LogP contribution in [0.1, 0.15) is 168 Å². The van der Waals surface area contributed by atoms with Gasteiger partial charge in [-0.15, -0.1) is 0 Å². The van der Waals surface area contributed by atoms with Gasteiger partial charge in [0.15, 0.2) is 0 Å². The van der Waals surface area contributed by atoms with E-state index in [1.807, 2.05) is 0 Å². The molecule has 56 heavy (non-hydrogen) atoms. The summed E-state index contributed by atoms with van der Waals surface area (Å²) in [5.74, 6) is 0. The van der Waals surface area contributed by atoms with Crippen LogP contribution < -0.4 is 22.9 Å². The molecule has 0 amide bonds. The van der Waals surface area contributed by atoms with Gasteiger partial charge in [0, 0.05) is 13.1 Å². The molecule has 0 rings (SSSR count). The molecule has 0 radical (unpaired) electrons. The molecule has 0 aromatic heterocycles. The Bertz CT molecular complexity index is 826. The normalized spacial score (nSPS) is 14.2. The van der Waals surface area contributed by atoms with Crippen molar-refractivity contribution in [1.82, 2.24) is 9.80 Å². The van der Waals surface area contributed by atoms with E-state index < -0.39 is 15.2 Å². The van der Waals surface area contributed by atoms with Gasteiger partial charge in [-0.05, 0) is 104 Å². The van der Waals surface area contributed by atoms with Gasteiger partial charge in [0.2, 0.25) is 0 Å². The molecule has 14 heteroatoms. The minimum atomic E-state index is -3.25. The van der Waals surface area contributed by atoms with Crippen molar-refractivity contribution in [3.8, 4) is 0 Å². The zero-order valence-electron chi connectivity index (χ0n) is 36.8. The van der Waals surface area contributed by atoms with Crippen molar-refractivity contribution in [2.75, 3.05) is 104 Å². The van der Waals surface area contributed by atoms with Gasteiger partial charge in [0.1, 0.15) is 0 Å². The summed E-state index contributed by atoms with van der Waals surface area (Å²) < 4.78 is 52.1. The molecule has 0 spiro atoms. The average molecular weight is 841 g/mol. The van der Waals surface area contributed by atoms with Gasteiger partial charge in [-0.25, -0.2) is 0 Å². The van der Waals surface area contributed by atoms with Crippen molar-refractivity contribution in [3.05, 3.63) is 0 Å². The molecule has 0 aliphatic heterocycles. The fourth-order valence-corrected chi connectivity index (χ4v) is 9.99. The number of nitrogens with zero attached hydrogens (tertiary/aromatic N) is 2. The van der Waals surface area contributed by atoms with Gasteiger partial charge >= 0.3 is 15.2 Å². The third kappa shape index (κ3) is 36.0. The Labute approximate surface area is 346 Å². The lowest BCUT2D eigenvalue weighted by molar-refractivity contribution is 0.185. The minimum Gasteiger partial charge on any atom is -0.330 e. The monoisotopic (exact) mass is 841 g/mol. The molecule has 2 atom stereocenters. The molecule has 0 bridgehead atoms. The van der Waals surface area contributed by atoms with Crippen LogP contribution in [0.15, 0.2) is 0 Å². The molecule has 0 fully saturated rings. The zero-order chi connectivity index (χ0) is 41.3. The van der Waals surface area contributed by atoms with E-state index in [9.17, 15) is 9.13 Å². The molecule has 0 aromatic rings. The molecule has 0 aromatic carbocycles. The SMILES string of the molecule is CCCCCCCCCCOP(=O)(CCN(CCCN)CCCN)OCCCCCCOP(=O)(CCN(CCCN)CCCN)OCCCCCCCCCC. The lowest BCUT2D eigenvalue weighted by Gasteiger charge is -2.25. The summed E-state index contributed by atoms with van der Waals surface area (Å²) in [5, 5.41) is 0. The number of unbranched alkanes of at least 4 members (excludes halogenated alkanes) is 17. The smallest absolute Gasteiger partial charge is 0.330 e. The maximum Gasteiger partial charge on any atom is 0.331 e. The standard InChI is InChI=1S/C42H94N6O6P2/c1-3-5-7-9-11-13-15-19-37-51-55(49,41-35-47(31-23-27-43)32-24-28-44)53-39-21-17-18-22-40-54-56(50,42-36-48(33-25-29-45)34-26-30-46)52-38-20-16-14-12-10-8-6-4-2/h3-46H2,1-2H3. The quantitative estimate of drug-likeness (QED) is 0.0337. The molecule has 338 valence electrons. The second-order valence-electron chi connectivity index (χ2n) is 15.6. The number of hydrogen-bond donors (Lipinski definition) is 4. The minimum absolute atomic E-state index is 0.372. The third-order valence-electron chi connectivity index (χ3n) is 10.3. The van der Waals surface area contributed by atoms with E-state index in [0.717, 1.165) is 103 Å². The Morgan fingerprint density at radius 1 is 0.339 bits per heavy atom. The molecule has 0 heterocycles. The van der Waals surface area contributed by atoms with Crippen LogP contribution in [0.2, 0.25) is 0 Å². The van der Waals surface area contributed by atoms with Crippen LogP contribution in [0.5, 0.6) is 0 Å². The maximum atomic E-state index is 13.9. The Morgan fingerprint density at radius 3 is 0.804 bits per heavy atom. The Balaban J connectivity index is 4.95. The van der Waals surface area contributed by atoms with Crippen molar-refractivity contribution < 1.29 is 27.2 Å². The Morgan fingerprint density at radius 2 is 0.571 bits per heavy atom. The van der Waals surface area contributed by atoms with Crippen LogP contribution in [0, 0.1) is 0 Å². The second kappa shape index (κ2) is 41.8. The predicted octanol–water partition coefficient (Wildman–Crippen LogP) is 9.28. The van der Waals surface area contributed by atoms with E-state index in [-0.39, 0.29) is 0 Å². The molecule has 0 aliphatic carbocycles. The van der Waals surface area contributed by atoms with Gasteiger partial charge < -0.3 is 50.8 Å². The fraction of sp³-hybridized carbons (Fsp3) is 1.00. The average Bonchev–Trinajstić information content (AvgIpc) is 3.20. The third-order valence-corrected chi connectivity index (χ3v) is 14.1. The van der Waals surface area contributed by atoms with Crippen molar-refractivity contribution in [1.29, 1.82) is 0 Å². The summed E-state index contributed by atoms with van der Waals surface area (Å²) in [6, 6.07) is 0. The van der Waals surface area contributed by atoms with Gasteiger partial charge in [0.05, 0.1) is 38.8 Å². The Hall–Kier alpha value is 0.0600. The van der Waals surface area contributed by atoms with Crippen molar-refractivity contribution in [2.24, 2.45) is 22.9 Å². The van der Waals surface area contributed by atoms with E-state index in [1.165, 1.54) is 77.0 Å². The Kier molecular flexibility index (Phi) is 41.8. The number of rotatable bonds is 47. The lowest BCUT2D eigenvalue weighted by Crippen LogP contribution is -2.31. The first-order valence-corrected chi connectivity index (χ1v) is 26.8.